The molecule has 23 heavy (non-hydrogen) atoms. The molecule has 0 saturated heterocycles. The van der Waals surface area contributed by atoms with Gasteiger partial charge in [-0.2, -0.15) is 10.4 Å². The number of aromatic nitrogens is 2. The first kappa shape index (κ1) is 14.5. The quantitative estimate of drug-likeness (QED) is 0.683. The number of methoxy groups -OCH3 is 2. The molecule has 1 aromatic carbocycles. The molecule has 0 aliphatic heterocycles. The molecule has 0 fully saturated rings. The molecule has 5 nitrogen and oxygen atoms in total. The lowest BCUT2D eigenvalue weighted by atomic mass is 10.2. The van der Waals surface area contributed by atoms with E-state index in [-0.39, 0.29) is 0 Å². The van der Waals surface area contributed by atoms with E-state index >= 15 is 0 Å². The second-order valence-electron chi connectivity index (χ2n) is 4.77. The molecule has 112 valence electrons. The molecule has 0 bridgehead atoms. The molecule has 2 heterocycles. The summed E-state index contributed by atoms with van der Waals surface area (Å²) in [6.07, 6.45) is 3.33. The van der Waals surface area contributed by atoms with Crippen LogP contribution in [-0.2, 0) is 0 Å². The van der Waals surface area contributed by atoms with E-state index in [0.29, 0.717) is 17.1 Å². The standard InChI is InChI=1S/C18H13N3O2/c1-22-16-7-14(8-17(9-16)23-2)4-3-13-5-6-18-15(10-19)11-20-21(18)12-13/h5-9,11-12H,1-2H3. The van der Waals surface area contributed by atoms with E-state index in [0.717, 1.165) is 16.6 Å². The lowest BCUT2D eigenvalue weighted by Gasteiger charge is -2.04. The first-order valence-electron chi connectivity index (χ1n) is 6.86. The zero-order valence-electron chi connectivity index (χ0n) is 12.7. The van der Waals surface area contributed by atoms with E-state index in [2.05, 4.69) is 23.0 Å². The first-order valence-corrected chi connectivity index (χ1v) is 6.86. The third kappa shape index (κ3) is 2.95. The van der Waals surface area contributed by atoms with E-state index in [4.69, 9.17) is 14.7 Å². The normalized spacial score (nSPS) is 9.78. The summed E-state index contributed by atoms with van der Waals surface area (Å²) >= 11 is 0. The summed E-state index contributed by atoms with van der Waals surface area (Å²) in [5.41, 5.74) is 2.90. The number of pyridine rings is 1. The van der Waals surface area contributed by atoms with Gasteiger partial charge in [0.25, 0.3) is 0 Å². The van der Waals surface area contributed by atoms with Crippen molar-refractivity contribution in [1.82, 2.24) is 9.61 Å². The zero-order chi connectivity index (χ0) is 16.2. The molecule has 2 aromatic heterocycles. The average Bonchev–Trinajstić information content (AvgIpc) is 3.01. The minimum atomic E-state index is 0.544. The van der Waals surface area contributed by atoms with E-state index in [9.17, 15) is 0 Å². The fourth-order valence-corrected chi connectivity index (χ4v) is 2.17. The van der Waals surface area contributed by atoms with Gasteiger partial charge >= 0.3 is 0 Å². The van der Waals surface area contributed by atoms with Gasteiger partial charge in [0.05, 0.1) is 31.5 Å². The summed E-state index contributed by atoms with van der Waals surface area (Å²) in [4.78, 5) is 0. The Morgan fingerprint density at radius 2 is 1.70 bits per heavy atom. The molecule has 0 aliphatic rings. The highest BCUT2D eigenvalue weighted by Crippen LogP contribution is 2.22. The molecule has 5 heteroatoms. The zero-order valence-corrected chi connectivity index (χ0v) is 12.7. The van der Waals surface area contributed by atoms with E-state index in [1.165, 1.54) is 0 Å². The van der Waals surface area contributed by atoms with E-state index in [1.54, 1.807) is 37.2 Å². The van der Waals surface area contributed by atoms with Crippen LogP contribution >= 0.6 is 0 Å². The van der Waals surface area contributed by atoms with Crippen molar-refractivity contribution in [2.45, 2.75) is 0 Å². The molecule has 0 atom stereocenters. The Hall–Kier alpha value is -3.44. The number of nitriles is 1. The van der Waals surface area contributed by atoms with Crippen LogP contribution in [0.1, 0.15) is 16.7 Å². The summed E-state index contributed by atoms with van der Waals surface area (Å²) in [7, 11) is 3.20. The first-order chi connectivity index (χ1) is 11.2. The molecular formula is C18H13N3O2. The van der Waals surface area contributed by atoms with Crippen LogP contribution in [0.3, 0.4) is 0 Å². The second-order valence-corrected chi connectivity index (χ2v) is 4.77. The predicted octanol–water partition coefficient (Wildman–Crippen LogP) is 2.62. The Morgan fingerprint density at radius 3 is 2.35 bits per heavy atom. The largest absolute Gasteiger partial charge is 0.497 e. The summed E-state index contributed by atoms with van der Waals surface area (Å²) in [6, 6.07) is 11.3. The van der Waals surface area contributed by atoms with Crippen LogP contribution in [0.5, 0.6) is 11.5 Å². The van der Waals surface area contributed by atoms with Gasteiger partial charge in [0, 0.05) is 23.4 Å². The highest BCUT2D eigenvalue weighted by atomic mass is 16.5. The molecule has 0 aliphatic carbocycles. The molecule has 0 N–H and O–H groups in total. The number of fused-ring (bicyclic) bond motifs is 1. The summed E-state index contributed by atoms with van der Waals surface area (Å²) < 4.78 is 12.1. The lowest BCUT2D eigenvalue weighted by Crippen LogP contribution is -1.89. The van der Waals surface area contributed by atoms with Crippen LogP contribution < -0.4 is 9.47 Å². The van der Waals surface area contributed by atoms with Gasteiger partial charge in [0.1, 0.15) is 17.6 Å². The average molecular weight is 303 g/mol. The van der Waals surface area contributed by atoms with Gasteiger partial charge < -0.3 is 9.47 Å². The number of hydrogen-bond donors (Lipinski definition) is 0. The number of ether oxygens (including phenoxy) is 2. The summed E-state index contributed by atoms with van der Waals surface area (Å²) in [5.74, 6) is 7.54. The number of hydrogen-bond acceptors (Lipinski definition) is 4. The molecule has 3 aromatic rings. The highest BCUT2D eigenvalue weighted by Gasteiger charge is 2.03. The molecule has 0 radical (unpaired) electrons. The third-order valence-corrected chi connectivity index (χ3v) is 3.34. The summed E-state index contributed by atoms with van der Waals surface area (Å²) in [5, 5.41) is 13.1. The predicted molar refractivity (Wildman–Crippen MR) is 85.4 cm³/mol. The van der Waals surface area contributed by atoms with Crippen LogP contribution in [0, 0.1) is 23.2 Å². The molecule has 3 rings (SSSR count). The van der Waals surface area contributed by atoms with Gasteiger partial charge in [-0.1, -0.05) is 11.8 Å². The Labute approximate surface area is 133 Å². The Bertz CT molecular complexity index is 949. The lowest BCUT2D eigenvalue weighted by molar-refractivity contribution is 0.394. The Morgan fingerprint density at radius 1 is 1.00 bits per heavy atom. The summed E-state index contributed by atoms with van der Waals surface area (Å²) in [6.45, 7) is 0. The minimum absolute atomic E-state index is 0.544. The van der Waals surface area contributed by atoms with Crippen LogP contribution in [-0.4, -0.2) is 23.8 Å². The number of benzene rings is 1. The van der Waals surface area contributed by atoms with Crippen molar-refractivity contribution in [2.75, 3.05) is 14.2 Å². The molecule has 0 amide bonds. The van der Waals surface area contributed by atoms with Crippen molar-refractivity contribution in [1.29, 1.82) is 5.26 Å². The third-order valence-electron chi connectivity index (χ3n) is 3.34. The smallest absolute Gasteiger partial charge is 0.123 e. The van der Waals surface area contributed by atoms with Crippen LogP contribution in [0.25, 0.3) is 5.52 Å². The van der Waals surface area contributed by atoms with Crippen molar-refractivity contribution >= 4 is 5.52 Å². The number of nitrogens with zero attached hydrogens (tertiary/aromatic N) is 3. The van der Waals surface area contributed by atoms with Crippen LogP contribution in [0.15, 0.2) is 42.7 Å². The molecular weight excluding hydrogens is 290 g/mol. The van der Waals surface area contributed by atoms with Crippen molar-refractivity contribution in [3.05, 3.63) is 59.4 Å². The van der Waals surface area contributed by atoms with Gasteiger partial charge in [-0.05, 0) is 24.3 Å². The fraction of sp³-hybridized carbons (Fsp3) is 0.111. The van der Waals surface area contributed by atoms with Gasteiger partial charge in [-0.15, -0.1) is 0 Å². The van der Waals surface area contributed by atoms with E-state index < -0.39 is 0 Å². The van der Waals surface area contributed by atoms with Crippen molar-refractivity contribution in [2.24, 2.45) is 0 Å². The maximum atomic E-state index is 8.99. The van der Waals surface area contributed by atoms with Crippen LogP contribution in [0.4, 0.5) is 0 Å². The van der Waals surface area contributed by atoms with Gasteiger partial charge in [0.2, 0.25) is 0 Å². The Kier molecular flexibility index (Phi) is 3.86. The highest BCUT2D eigenvalue weighted by molar-refractivity contribution is 5.61. The van der Waals surface area contributed by atoms with Crippen LogP contribution in [0.2, 0.25) is 0 Å². The topological polar surface area (TPSA) is 59.5 Å². The van der Waals surface area contributed by atoms with Gasteiger partial charge in [0.15, 0.2) is 0 Å². The SMILES string of the molecule is COc1cc(C#Cc2ccc3c(C#N)cnn3c2)cc(OC)c1. The monoisotopic (exact) mass is 303 g/mol. The maximum Gasteiger partial charge on any atom is 0.123 e. The minimum Gasteiger partial charge on any atom is -0.497 e. The molecule has 0 spiro atoms. The fourth-order valence-electron chi connectivity index (χ4n) is 2.17. The Balaban J connectivity index is 1.97. The van der Waals surface area contributed by atoms with Gasteiger partial charge in [-0.3, -0.25) is 0 Å². The second kappa shape index (κ2) is 6.13. The molecule has 0 unspecified atom stereocenters. The molecule has 0 saturated carbocycles. The van der Waals surface area contributed by atoms with Crippen molar-refractivity contribution < 1.29 is 9.47 Å². The van der Waals surface area contributed by atoms with Crippen molar-refractivity contribution in [3.63, 3.8) is 0 Å². The van der Waals surface area contributed by atoms with Crippen molar-refractivity contribution in [3.8, 4) is 29.4 Å². The van der Waals surface area contributed by atoms with E-state index in [1.807, 2.05) is 24.3 Å². The van der Waals surface area contributed by atoms with Gasteiger partial charge in [-0.25, -0.2) is 4.52 Å². The maximum absolute atomic E-state index is 8.99. The number of rotatable bonds is 2.